The number of anilines is 1. The number of nitrogens with one attached hydrogen (secondary N) is 2. The van der Waals surface area contributed by atoms with E-state index in [4.69, 9.17) is 4.42 Å². The number of carbonyl (C=O) groups excluding carboxylic acids is 1. The molecule has 3 rings (SSSR count). The molecule has 5 nitrogen and oxygen atoms in total. The molecule has 1 aromatic carbocycles. The average Bonchev–Trinajstić information content (AvgIpc) is 2.99. The van der Waals surface area contributed by atoms with E-state index in [1.54, 1.807) is 18.4 Å². The predicted molar refractivity (Wildman–Crippen MR) is 83.1 cm³/mol. The topological polar surface area (TPSA) is 66.6 Å². The summed E-state index contributed by atoms with van der Waals surface area (Å²) in [7, 11) is 0. The maximum absolute atomic E-state index is 12.2. The standard InChI is InChI=1S/C15H13N3O2S/c1-10-14(21-13-7-3-2-6-12(13)17-10)15(19)18-16-9-11-5-4-8-20-11/h2-9,17H,1H3,(H,18,19)/b16-9-. The van der Waals surface area contributed by atoms with Gasteiger partial charge in [0.2, 0.25) is 0 Å². The van der Waals surface area contributed by atoms with E-state index in [0.29, 0.717) is 10.7 Å². The third kappa shape index (κ3) is 3.00. The van der Waals surface area contributed by atoms with Gasteiger partial charge in [0.25, 0.3) is 5.91 Å². The van der Waals surface area contributed by atoms with Crippen LogP contribution in [0.15, 0.2) is 67.7 Å². The van der Waals surface area contributed by atoms with Crippen LogP contribution in [0.4, 0.5) is 5.69 Å². The summed E-state index contributed by atoms with van der Waals surface area (Å²) in [6.07, 6.45) is 3.01. The lowest BCUT2D eigenvalue weighted by molar-refractivity contribution is -0.116. The summed E-state index contributed by atoms with van der Waals surface area (Å²) in [4.78, 5) is 13.8. The van der Waals surface area contributed by atoms with Crippen LogP contribution in [0.5, 0.6) is 0 Å². The molecule has 2 heterocycles. The SMILES string of the molecule is CC1=C(C(=O)N/N=C\c2ccco2)Sc2ccccc2N1. The summed E-state index contributed by atoms with van der Waals surface area (Å²) in [5.41, 5.74) is 4.32. The zero-order valence-electron chi connectivity index (χ0n) is 11.3. The molecular formula is C15H13N3O2S. The van der Waals surface area contributed by atoms with Crippen molar-refractivity contribution < 1.29 is 9.21 Å². The van der Waals surface area contributed by atoms with Gasteiger partial charge in [-0.05, 0) is 31.2 Å². The van der Waals surface area contributed by atoms with Crippen LogP contribution in [0, 0.1) is 0 Å². The van der Waals surface area contributed by atoms with Crippen molar-refractivity contribution in [1.82, 2.24) is 5.43 Å². The number of thioether (sulfide) groups is 1. The van der Waals surface area contributed by atoms with Gasteiger partial charge in [0, 0.05) is 10.6 Å². The average molecular weight is 299 g/mol. The molecule has 0 unspecified atom stereocenters. The molecule has 0 spiro atoms. The van der Waals surface area contributed by atoms with Gasteiger partial charge in [0.05, 0.1) is 23.1 Å². The molecule has 1 aliphatic heterocycles. The number of furan rings is 1. The molecule has 0 bridgehead atoms. The lowest BCUT2D eigenvalue weighted by Crippen LogP contribution is -2.22. The second-order valence-electron chi connectivity index (χ2n) is 4.39. The van der Waals surface area contributed by atoms with Crippen molar-refractivity contribution in [2.24, 2.45) is 5.10 Å². The summed E-state index contributed by atoms with van der Waals surface area (Å²) in [5.74, 6) is 0.336. The third-order valence-electron chi connectivity index (χ3n) is 2.87. The van der Waals surface area contributed by atoms with Crippen molar-refractivity contribution in [3.63, 3.8) is 0 Å². The maximum Gasteiger partial charge on any atom is 0.279 e. The van der Waals surface area contributed by atoms with Crippen LogP contribution < -0.4 is 10.7 Å². The minimum atomic E-state index is -0.248. The molecule has 2 N–H and O–H groups in total. The monoisotopic (exact) mass is 299 g/mol. The molecule has 1 aliphatic rings. The molecule has 0 saturated heterocycles. The molecule has 0 fully saturated rings. The number of carbonyl (C=O) groups is 1. The number of para-hydroxylation sites is 1. The normalized spacial score (nSPS) is 14.0. The van der Waals surface area contributed by atoms with E-state index in [-0.39, 0.29) is 5.91 Å². The lowest BCUT2D eigenvalue weighted by atomic mass is 10.3. The van der Waals surface area contributed by atoms with Crippen molar-refractivity contribution in [3.05, 3.63) is 59.0 Å². The zero-order valence-corrected chi connectivity index (χ0v) is 12.1. The Hall–Kier alpha value is -2.47. The Labute approximate surface area is 126 Å². The van der Waals surface area contributed by atoms with Gasteiger partial charge in [-0.1, -0.05) is 23.9 Å². The van der Waals surface area contributed by atoms with Gasteiger partial charge >= 0.3 is 0 Å². The number of hydrogen-bond donors (Lipinski definition) is 2. The summed E-state index contributed by atoms with van der Waals surface area (Å²) in [6, 6.07) is 11.4. The van der Waals surface area contributed by atoms with Crippen LogP contribution >= 0.6 is 11.8 Å². The molecule has 6 heteroatoms. The van der Waals surface area contributed by atoms with Crippen molar-refractivity contribution in [1.29, 1.82) is 0 Å². The van der Waals surface area contributed by atoms with E-state index >= 15 is 0 Å². The van der Waals surface area contributed by atoms with Gasteiger partial charge in [0.1, 0.15) is 5.76 Å². The summed E-state index contributed by atoms with van der Waals surface area (Å²) >= 11 is 1.43. The van der Waals surface area contributed by atoms with E-state index in [1.165, 1.54) is 18.0 Å². The largest absolute Gasteiger partial charge is 0.463 e. The number of amides is 1. The number of benzene rings is 1. The highest BCUT2D eigenvalue weighted by molar-refractivity contribution is 8.04. The van der Waals surface area contributed by atoms with Crippen LogP contribution in [-0.2, 0) is 4.79 Å². The predicted octanol–water partition coefficient (Wildman–Crippen LogP) is 3.18. The quantitative estimate of drug-likeness (QED) is 0.675. The first-order chi connectivity index (χ1) is 10.2. The summed E-state index contributed by atoms with van der Waals surface area (Å²) in [5, 5.41) is 7.11. The first-order valence-corrected chi connectivity index (χ1v) is 7.17. The smallest absolute Gasteiger partial charge is 0.279 e. The van der Waals surface area contributed by atoms with Crippen LogP contribution in [0.2, 0.25) is 0 Å². The first kappa shape index (κ1) is 13.5. The molecular weight excluding hydrogens is 286 g/mol. The molecule has 1 amide bonds. The van der Waals surface area contributed by atoms with Crippen molar-refractivity contribution >= 4 is 29.6 Å². The number of hydrazone groups is 1. The molecule has 106 valence electrons. The Kier molecular flexibility index (Phi) is 3.79. The fraction of sp³-hybridized carbons (Fsp3) is 0.0667. The number of nitrogens with zero attached hydrogens (tertiary/aromatic N) is 1. The minimum Gasteiger partial charge on any atom is -0.463 e. The highest BCUT2D eigenvalue weighted by Crippen LogP contribution is 2.39. The summed E-state index contributed by atoms with van der Waals surface area (Å²) in [6.45, 7) is 1.87. The third-order valence-corrected chi connectivity index (χ3v) is 4.14. The number of fused-ring (bicyclic) bond motifs is 1. The molecule has 0 radical (unpaired) electrons. The Bertz CT molecular complexity index is 720. The van der Waals surface area contributed by atoms with Crippen molar-refractivity contribution in [2.45, 2.75) is 11.8 Å². The Morgan fingerprint density at radius 3 is 3.00 bits per heavy atom. The second kappa shape index (κ2) is 5.88. The van der Waals surface area contributed by atoms with Crippen LogP contribution in [0.3, 0.4) is 0 Å². The van der Waals surface area contributed by atoms with Crippen LogP contribution in [0.1, 0.15) is 12.7 Å². The van der Waals surface area contributed by atoms with Crippen LogP contribution in [-0.4, -0.2) is 12.1 Å². The van der Waals surface area contributed by atoms with E-state index in [2.05, 4.69) is 15.8 Å². The number of allylic oxidation sites excluding steroid dienone is 1. The van der Waals surface area contributed by atoms with E-state index in [1.807, 2.05) is 31.2 Å². The molecule has 0 saturated carbocycles. The highest BCUT2D eigenvalue weighted by Gasteiger charge is 2.20. The molecule has 2 aromatic rings. The van der Waals surface area contributed by atoms with E-state index < -0.39 is 0 Å². The Morgan fingerprint density at radius 2 is 2.19 bits per heavy atom. The second-order valence-corrected chi connectivity index (χ2v) is 5.44. The van der Waals surface area contributed by atoms with Gasteiger partial charge in [-0.15, -0.1) is 0 Å². The van der Waals surface area contributed by atoms with Crippen LogP contribution in [0.25, 0.3) is 0 Å². The minimum absolute atomic E-state index is 0.248. The zero-order chi connectivity index (χ0) is 14.7. The molecule has 0 atom stereocenters. The Balaban J connectivity index is 1.70. The van der Waals surface area contributed by atoms with Crippen molar-refractivity contribution in [2.75, 3.05) is 5.32 Å². The fourth-order valence-electron chi connectivity index (χ4n) is 1.89. The van der Waals surface area contributed by atoms with Gasteiger partial charge in [-0.2, -0.15) is 5.10 Å². The number of rotatable bonds is 3. The van der Waals surface area contributed by atoms with Gasteiger partial charge < -0.3 is 9.73 Å². The molecule has 0 aliphatic carbocycles. The Morgan fingerprint density at radius 1 is 1.33 bits per heavy atom. The lowest BCUT2D eigenvalue weighted by Gasteiger charge is -2.20. The van der Waals surface area contributed by atoms with Gasteiger partial charge in [-0.25, -0.2) is 5.43 Å². The van der Waals surface area contributed by atoms with E-state index in [0.717, 1.165) is 16.3 Å². The van der Waals surface area contributed by atoms with Crippen molar-refractivity contribution in [3.8, 4) is 0 Å². The highest BCUT2D eigenvalue weighted by atomic mass is 32.2. The fourth-order valence-corrected chi connectivity index (χ4v) is 2.83. The molecule has 21 heavy (non-hydrogen) atoms. The summed E-state index contributed by atoms with van der Waals surface area (Å²) < 4.78 is 5.10. The van der Waals surface area contributed by atoms with Gasteiger partial charge in [-0.3, -0.25) is 4.79 Å². The van der Waals surface area contributed by atoms with E-state index in [9.17, 15) is 4.79 Å². The van der Waals surface area contributed by atoms with Gasteiger partial charge in [0.15, 0.2) is 0 Å². The first-order valence-electron chi connectivity index (χ1n) is 6.36. The number of hydrogen-bond acceptors (Lipinski definition) is 5. The molecule has 1 aromatic heterocycles. The maximum atomic E-state index is 12.2.